The zero-order valence-corrected chi connectivity index (χ0v) is 10.5. The van der Waals surface area contributed by atoms with Crippen molar-refractivity contribution in [2.75, 3.05) is 7.11 Å². The summed E-state index contributed by atoms with van der Waals surface area (Å²) in [5, 5.41) is 0. The van der Waals surface area contributed by atoms with Gasteiger partial charge in [0, 0.05) is 11.6 Å². The summed E-state index contributed by atoms with van der Waals surface area (Å²) >= 11 is 0. The summed E-state index contributed by atoms with van der Waals surface area (Å²) < 4.78 is 36.4. The second-order valence-electron chi connectivity index (χ2n) is 3.94. The van der Waals surface area contributed by atoms with Crippen molar-refractivity contribution in [1.82, 2.24) is 0 Å². The molecule has 0 saturated heterocycles. The van der Waals surface area contributed by atoms with Crippen LogP contribution in [-0.4, -0.2) is 13.2 Å². The van der Waals surface area contributed by atoms with Crippen molar-refractivity contribution in [1.29, 1.82) is 0 Å². The highest BCUT2D eigenvalue weighted by Crippen LogP contribution is 2.34. The summed E-state index contributed by atoms with van der Waals surface area (Å²) in [5.41, 5.74) is 5.46. The molecule has 0 spiro atoms. The van der Waals surface area contributed by atoms with Crippen molar-refractivity contribution in [3.63, 3.8) is 0 Å². The number of benzene rings is 2. The number of amides is 1. The Kier molecular flexibility index (Phi) is 3.84. The average molecular weight is 279 g/mol. The summed E-state index contributed by atoms with van der Waals surface area (Å²) in [5.74, 6) is -0.953. The van der Waals surface area contributed by atoms with E-state index in [0.29, 0.717) is 11.3 Å². The Balaban J connectivity index is 2.59. The molecule has 104 valence electrons. The quantitative estimate of drug-likeness (QED) is 0.939. The molecule has 0 aromatic heterocycles. The first-order chi connectivity index (χ1) is 9.49. The van der Waals surface area contributed by atoms with Gasteiger partial charge in [0.2, 0.25) is 0 Å². The topological polar surface area (TPSA) is 61.6 Å². The van der Waals surface area contributed by atoms with Crippen LogP contribution in [0.2, 0.25) is 0 Å². The van der Waals surface area contributed by atoms with E-state index in [4.69, 9.17) is 15.2 Å². The summed E-state index contributed by atoms with van der Waals surface area (Å²) in [6.45, 7) is 0. The minimum absolute atomic E-state index is 0.0864. The fourth-order valence-corrected chi connectivity index (χ4v) is 1.77. The van der Waals surface area contributed by atoms with Crippen LogP contribution in [0.3, 0.4) is 0 Å². The number of carbonyl (C=O) groups is 1. The Labute approximate surface area is 113 Å². The van der Waals surface area contributed by atoms with Gasteiger partial charge in [0.05, 0.1) is 7.11 Å². The van der Waals surface area contributed by atoms with E-state index in [0.717, 1.165) is 18.2 Å². The van der Waals surface area contributed by atoms with Crippen molar-refractivity contribution < 1.29 is 23.0 Å². The van der Waals surface area contributed by atoms with Gasteiger partial charge in [-0.3, -0.25) is 0 Å². The normalized spacial score (nSPS) is 10.2. The zero-order valence-electron chi connectivity index (χ0n) is 10.5. The second-order valence-corrected chi connectivity index (χ2v) is 3.94. The van der Waals surface area contributed by atoms with Gasteiger partial charge in [-0.2, -0.15) is 0 Å². The van der Waals surface area contributed by atoms with Crippen molar-refractivity contribution in [3.8, 4) is 22.6 Å². The molecule has 2 N–H and O–H groups in total. The molecule has 4 nitrogen and oxygen atoms in total. The first kappa shape index (κ1) is 13.8. The monoisotopic (exact) mass is 279 g/mol. The van der Waals surface area contributed by atoms with E-state index in [9.17, 15) is 13.6 Å². The largest absolute Gasteiger partial charge is 0.497 e. The van der Waals surface area contributed by atoms with Crippen molar-refractivity contribution in [2.24, 2.45) is 5.73 Å². The van der Waals surface area contributed by atoms with Gasteiger partial charge < -0.3 is 15.2 Å². The van der Waals surface area contributed by atoms with Crippen LogP contribution in [0.15, 0.2) is 36.4 Å². The number of primary amides is 1. The minimum Gasteiger partial charge on any atom is -0.497 e. The maximum absolute atomic E-state index is 13.3. The van der Waals surface area contributed by atoms with E-state index in [-0.39, 0.29) is 11.3 Å². The lowest BCUT2D eigenvalue weighted by atomic mass is 10.0. The van der Waals surface area contributed by atoms with Gasteiger partial charge in [0.15, 0.2) is 0 Å². The first-order valence-electron chi connectivity index (χ1n) is 5.61. The molecule has 2 aromatic rings. The molecule has 0 bridgehead atoms. The summed E-state index contributed by atoms with van der Waals surface area (Å²) in [6.07, 6.45) is -1.02. The number of carbonyl (C=O) groups excluding carboxylic acids is 1. The predicted octanol–water partition coefficient (Wildman–Crippen LogP) is 3.10. The number of rotatable bonds is 3. The summed E-state index contributed by atoms with van der Waals surface area (Å²) in [4.78, 5) is 10.9. The Morgan fingerprint density at radius 3 is 2.30 bits per heavy atom. The SMILES string of the molecule is COc1ccc(OC(N)=O)c(-c2cc(F)cc(F)c2)c1. The van der Waals surface area contributed by atoms with E-state index in [2.05, 4.69) is 0 Å². The number of hydrogen-bond acceptors (Lipinski definition) is 3. The van der Waals surface area contributed by atoms with Crippen LogP contribution in [0.1, 0.15) is 0 Å². The third kappa shape index (κ3) is 3.03. The maximum atomic E-state index is 13.3. The van der Waals surface area contributed by atoms with E-state index < -0.39 is 17.7 Å². The molecule has 0 aliphatic carbocycles. The Hall–Kier alpha value is -2.63. The highest BCUT2D eigenvalue weighted by Gasteiger charge is 2.12. The van der Waals surface area contributed by atoms with Crippen LogP contribution in [0.25, 0.3) is 11.1 Å². The molecule has 6 heteroatoms. The van der Waals surface area contributed by atoms with Gasteiger partial charge >= 0.3 is 6.09 Å². The molecule has 2 aromatic carbocycles. The predicted molar refractivity (Wildman–Crippen MR) is 68.6 cm³/mol. The van der Waals surface area contributed by atoms with Gasteiger partial charge in [-0.15, -0.1) is 0 Å². The van der Waals surface area contributed by atoms with Crippen LogP contribution in [0.4, 0.5) is 13.6 Å². The molecule has 0 atom stereocenters. The van der Waals surface area contributed by atoms with Crippen LogP contribution in [0, 0.1) is 11.6 Å². The molecule has 20 heavy (non-hydrogen) atoms. The molecule has 0 aliphatic heterocycles. The van der Waals surface area contributed by atoms with Gasteiger partial charge in [0.1, 0.15) is 23.1 Å². The van der Waals surface area contributed by atoms with Crippen molar-refractivity contribution in [2.45, 2.75) is 0 Å². The summed E-state index contributed by atoms with van der Waals surface area (Å²) in [7, 11) is 1.44. The maximum Gasteiger partial charge on any atom is 0.409 e. The van der Waals surface area contributed by atoms with Crippen LogP contribution < -0.4 is 15.2 Å². The summed E-state index contributed by atoms with van der Waals surface area (Å²) in [6, 6.07) is 7.45. The number of methoxy groups -OCH3 is 1. The Bertz CT molecular complexity index is 639. The molecule has 0 saturated carbocycles. The van der Waals surface area contributed by atoms with Gasteiger partial charge in [-0.25, -0.2) is 13.6 Å². The number of halogens is 2. The molecule has 0 radical (unpaired) electrons. The molecule has 0 unspecified atom stereocenters. The van der Waals surface area contributed by atoms with E-state index in [1.807, 2.05) is 0 Å². The second kappa shape index (κ2) is 5.56. The Morgan fingerprint density at radius 1 is 1.10 bits per heavy atom. The number of hydrogen-bond donors (Lipinski definition) is 1. The van der Waals surface area contributed by atoms with E-state index in [1.54, 1.807) is 0 Å². The zero-order chi connectivity index (χ0) is 14.7. The molecular formula is C14H11F2NO3. The standard InChI is InChI=1S/C14H11F2NO3/c1-19-11-2-3-13(20-14(17)18)12(7-11)8-4-9(15)6-10(16)5-8/h2-7H,1H3,(H2,17,18). The molecule has 2 rings (SSSR count). The van der Waals surface area contributed by atoms with Crippen molar-refractivity contribution in [3.05, 3.63) is 48.0 Å². The third-order valence-electron chi connectivity index (χ3n) is 2.57. The molecule has 1 amide bonds. The fraction of sp³-hybridized carbons (Fsp3) is 0.0714. The van der Waals surface area contributed by atoms with Gasteiger partial charge in [0.25, 0.3) is 0 Å². The van der Waals surface area contributed by atoms with E-state index in [1.165, 1.54) is 25.3 Å². The highest BCUT2D eigenvalue weighted by atomic mass is 19.1. The molecular weight excluding hydrogens is 268 g/mol. The Morgan fingerprint density at radius 2 is 1.75 bits per heavy atom. The van der Waals surface area contributed by atoms with Crippen LogP contribution in [0.5, 0.6) is 11.5 Å². The van der Waals surface area contributed by atoms with Crippen LogP contribution >= 0.6 is 0 Å². The molecule has 0 aliphatic rings. The number of nitrogens with two attached hydrogens (primary N) is 1. The highest BCUT2D eigenvalue weighted by molar-refractivity contribution is 5.77. The van der Waals surface area contributed by atoms with Gasteiger partial charge in [-0.1, -0.05) is 0 Å². The lowest BCUT2D eigenvalue weighted by molar-refractivity contribution is 0.211. The molecule has 0 fully saturated rings. The minimum atomic E-state index is -1.02. The number of ether oxygens (including phenoxy) is 2. The van der Waals surface area contributed by atoms with Gasteiger partial charge in [-0.05, 0) is 35.9 Å². The fourth-order valence-electron chi connectivity index (χ4n) is 1.77. The van der Waals surface area contributed by atoms with Crippen LogP contribution in [-0.2, 0) is 0 Å². The lowest BCUT2D eigenvalue weighted by Crippen LogP contribution is -2.16. The lowest BCUT2D eigenvalue weighted by Gasteiger charge is -2.11. The third-order valence-corrected chi connectivity index (χ3v) is 2.57. The molecule has 0 heterocycles. The van der Waals surface area contributed by atoms with Crippen molar-refractivity contribution >= 4 is 6.09 Å². The smallest absolute Gasteiger partial charge is 0.409 e. The average Bonchev–Trinajstić information content (AvgIpc) is 2.37. The van der Waals surface area contributed by atoms with E-state index >= 15 is 0 Å². The first-order valence-corrected chi connectivity index (χ1v) is 5.61.